The Kier molecular flexibility index (Phi) is 6.29. The number of sulfonamides is 1. The van der Waals surface area contributed by atoms with Gasteiger partial charge in [-0.1, -0.05) is 6.07 Å². The first-order valence-corrected chi connectivity index (χ1v) is 9.55. The van der Waals surface area contributed by atoms with Gasteiger partial charge in [0, 0.05) is 14.1 Å². The van der Waals surface area contributed by atoms with Gasteiger partial charge in [-0.05, 0) is 35.9 Å². The maximum atomic E-state index is 12.5. The van der Waals surface area contributed by atoms with Gasteiger partial charge < -0.3 is 19.7 Å². The van der Waals surface area contributed by atoms with Gasteiger partial charge in [0.15, 0.2) is 11.5 Å². The quantitative estimate of drug-likeness (QED) is 0.739. The summed E-state index contributed by atoms with van der Waals surface area (Å²) in [6.07, 6.45) is 0.0762. The summed E-state index contributed by atoms with van der Waals surface area (Å²) in [5.41, 5.74) is 1.74. The molecule has 0 fully saturated rings. The zero-order valence-corrected chi connectivity index (χ0v) is 16.5. The minimum absolute atomic E-state index is 0.0745. The fourth-order valence-corrected chi connectivity index (χ4v) is 3.09. The normalized spacial score (nSPS) is 11.0. The van der Waals surface area contributed by atoms with E-state index in [0.717, 1.165) is 5.56 Å². The van der Waals surface area contributed by atoms with Gasteiger partial charge in [0.1, 0.15) is 0 Å². The summed E-state index contributed by atoms with van der Waals surface area (Å²) >= 11 is 0. The number of carbonyl (C=O) groups is 1. The molecule has 27 heavy (non-hydrogen) atoms. The number of hydrogen-bond acceptors (Lipinski definition) is 6. The Morgan fingerprint density at radius 2 is 1.74 bits per heavy atom. The molecule has 0 bridgehead atoms. The first kappa shape index (κ1) is 20.5. The average Bonchev–Trinajstić information content (AvgIpc) is 2.60. The number of anilines is 2. The van der Waals surface area contributed by atoms with Gasteiger partial charge in [-0.25, -0.2) is 13.6 Å². The first-order chi connectivity index (χ1) is 12.7. The molecule has 0 aliphatic rings. The van der Waals surface area contributed by atoms with Crippen LogP contribution >= 0.6 is 0 Å². The van der Waals surface area contributed by atoms with E-state index in [0.29, 0.717) is 22.9 Å². The Morgan fingerprint density at radius 3 is 2.30 bits per heavy atom. The minimum Gasteiger partial charge on any atom is -0.493 e. The monoisotopic (exact) mass is 393 g/mol. The first-order valence-electron chi connectivity index (χ1n) is 8.00. The molecule has 0 aromatic heterocycles. The van der Waals surface area contributed by atoms with Crippen LogP contribution in [0.1, 0.15) is 5.56 Å². The van der Waals surface area contributed by atoms with Crippen LogP contribution in [0.2, 0.25) is 0 Å². The van der Waals surface area contributed by atoms with Crippen molar-refractivity contribution in [2.75, 3.05) is 38.5 Å². The summed E-state index contributed by atoms with van der Waals surface area (Å²) in [5, 5.41) is 7.93. The summed E-state index contributed by atoms with van der Waals surface area (Å²) in [4.78, 5) is 14.2. The van der Waals surface area contributed by atoms with E-state index < -0.39 is 10.0 Å². The number of rotatable bonds is 7. The van der Waals surface area contributed by atoms with Gasteiger partial charge in [-0.2, -0.15) is 0 Å². The maximum Gasteiger partial charge on any atom is 0.238 e. The zero-order valence-electron chi connectivity index (χ0n) is 15.6. The Balaban J connectivity index is 2.27. The molecule has 0 atom stereocenters. The molecule has 2 aromatic carbocycles. The number of hydrogen-bond donors (Lipinski definition) is 2. The second kappa shape index (κ2) is 8.28. The molecule has 0 unspecified atom stereocenters. The van der Waals surface area contributed by atoms with E-state index in [1.807, 2.05) is 0 Å². The van der Waals surface area contributed by atoms with Crippen LogP contribution in [0.5, 0.6) is 11.5 Å². The number of nitrogens with zero attached hydrogens (tertiary/aromatic N) is 1. The molecule has 146 valence electrons. The van der Waals surface area contributed by atoms with Gasteiger partial charge >= 0.3 is 0 Å². The molecule has 0 saturated carbocycles. The summed E-state index contributed by atoms with van der Waals surface area (Å²) in [5.74, 6) is 0.780. The van der Waals surface area contributed by atoms with Crippen molar-refractivity contribution in [2.24, 2.45) is 5.14 Å². The molecule has 9 heteroatoms. The number of nitrogens with two attached hydrogens (primary N) is 1. The number of primary sulfonamides is 1. The highest BCUT2D eigenvalue weighted by molar-refractivity contribution is 7.89. The van der Waals surface area contributed by atoms with Crippen LogP contribution in [0.3, 0.4) is 0 Å². The third kappa shape index (κ3) is 5.11. The smallest absolute Gasteiger partial charge is 0.238 e. The molecule has 2 rings (SSSR count). The minimum atomic E-state index is -3.88. The van der Waals surface area contributed by atoms with Crippen LogP contribution in [0.4, 0.5) is 11.4 Å². The molecule has 8 nitrogen and oxygen atoms in total. The average molecular weight is 393 g/mol. The highest BCUT2D eigenvalue weighted by atomic mass is 32.2. The van der Waals surface area contributed by atoms with Gasteiger partial charge in [-0.3, -0.25) is 4.79 Å². The van der Waals surface area contributed by atoms with E-state index in [1.165, 1.54) is 26.4 Å². The Bertz CT molecular complexity index is 942. The fraction of sp³-hybridized carbons (Fsp3) is 0.278. The third-order valence-corrected chi connectivity index (χ3v) is 4.78. The SMILES string of the molecule is COc1ccc(CC(=O)Nc2cc(S(N)(=O)=O)ccc2N(C)C)cc1OC. The highest BCUT2D eigenvalue weighted by Gasteiger charge is 2.15. The van der Waals surface area contributed by atoms with Crippen molar-refractivity contribution in [3.8, 4) is 11.5 Å². The lowest BCUT2D eigenvalue weighted by molar-refractivity contribution is -0.115. The van der Waals surface area contributed by atoms with Crippen LogP contribution in [0.15, 0.2) is 41.3 Å². The molecule has 0 heterocycles. The van der Waals surface area contributed by atoms with Crippen molar-refractivity contribution in [2.45, 2.75) is 11.3 Å². The standard InChI is InChI=1S/C18H23N3O5S/c1-21(2)15-7-6-13(27(19,23)24)11-14(15)20-18(22)10-12-5-8-16(25-3)17(9-12)26-4/h5-9,11H,10H2,1-4H3,(H,20,22)(H2,19,23,24). The molecule has 0 saturated heterocycles. The van der Waals surface area contributed by atoms with E-state index >= 15 is 0 Å². The highest BCUT2D eigenvalue weighted by Crippen LogP contribution is 2.29. The van der Waals surface area contributed by atoms with Crippen molar-refractivity contribution in [1.82, 2.24) is 0 Å². The van der Waals surface area contributed by atoms with Crippen molar-refractivity contribution in [1.29, 1.82) is 0 Å². The van der Waals surface area contributed by atoms with Crippen molar-refractivity contribution in [3.63, 3.8) is 0 Å². The Morgan fingerprint density at radius 1 is 1.07 bits per heavy atom. The molecule has 0 spiro atoms. The van der Waals surface area contributed by atoms with Crippen LogP contribution in [0.25, 0.3) is 0 Å². The number of amides is 1. The molecule has 1 amide bonds. The molecular formula is C18H23N3O5S. The molecular weight excluding hydrogens is 370 g/mol. The third-order valence-electron chi connectivity index (χ3n) is 3.87. The second-order valence-corrected chi connectivity index (χ2v) is 7.59. The predicted molar refractivity (Wildman–Crippen MR) is 104 cm³/mol. The predicted octanol–water partition coefficient (Wildman–Crippen LogP) is 1.60. The van der Waals surface area contributed by atoms with E-state index in [2.05, 4.69) is 5.32 Å². The molecule has 3 N–H and O–H groups in total. The lowest BCUT2D eigenvalue weighted by Gasteiger charge is -2.19. The number of ether oxygens (including phenoxy) is 2. The molecule has 0 aliphatic carbocycles. The van der Waals surface area contributed by atoms with E-state index in [9.17, 15) is 13.2 Å². The van der Waals surface area contributed by atoms with Crippen LogP contribution in [-0.4, -0.2) is 42.6 Å². The molecule has 2 aromatic rings. The zero-order chi connectivity index (χ0) is 20.2. The van der Waals surface area contributed by atoms with Crippen molar-refractivity contribution >= 4 is 27.3 Å². The van der Waals surface area contributed by atoms with Gasteiger partial charge in [-0.15, -0.1) is 0 Å². The summed E-state index contributed by atoms with van der Waals surface area (Å²) in [6.45, 7) is 0. The van der Waals surface area contributed by atoms with Crippen molar-refractivity contribution < 1.29 is 22.7 Å². The maximum absolute atomic E-state index is 12.5. The lowest BCUT2D eigenvalue weighted by atomic mass is 10.1. The number of benzene rings is 2. The Labute approximate surface area is 158 Å². The fourth-order valence-electron chi connectivity index (χ4n) is 2.55. The number of nitrogens with one attached hydrogen (secondary N) is 1. The van der Waals surface area contributed by atoms with Crippen LogP contribution in [-0.2, 0) is 21.2 Å². The summed E-state index contributed by atoms with van der Waals surface area (Å²) < 4.78 is 33.6. The lowest BCUT2D eigenvalue weighted by Crippen LogP contribution is -2.19. The molecule has 0 aliphatic heterocycles. The van der Waals surface area contributed by atoms with Gasteiger partial charge in [0.25, 0.3) is 0 Å². The second-order valence-electron chi connectivity index (χ2n) is 6.03. The summed E-state index contributed by atoms with van der Waals surface area (Å²) in [7, 11) is 2.75. The van der Waals surface area contributed by atoms with Gasteiger partial charge in [0.2, 0.25) is 15.9 Å². The Hall–Kier alpha value is -2.78. The van der Waals surface area contributed by atoms with Crippen LogP contribution in [0, 0.1) is 0 Å². The van der Waals surface area contributed by atoms with E-state index in [1.54, 1.807) is 43.3 Å². The van der Waals surface area contributed by atoms with Crippen molar-refractivity contribution in [3.05, 3.63) is 42.0 Å². The largest absolute Gasteiger partial charge is 0.493 e. The summed E-state index contributed by atoms with van der Waals surface area (Å²) in [6, 6.07) is 9.52. The number of methoxy groups -OCH3 is 2. The topological polar surface area (TPSA) is 111 Å². The van der Waals surface area contributed by atoms with Crippen LogP contribution < -0.4 is 24.8 Å². The number of carbonyl (C=O) groups excluding carboxylic acids is 1. The van der Waals surface area contributed by atoms with E-state index in [4.69, 9.17) is 14.6 Å². The van der Waals surface area contributed by atoms with Gasteiger partial charge in [0.05, 0.1) is 36.9 Å². The van der Waals surface area contributed by atoms with E-state index in [-0.39, 0.29) is 17.2 Å². The molecule has 0 radical (unpaired) electrons.